The number of nitrogens with one attached hydrogen (secondary N) is 1. The maximum Gasteiger partial charge on any atom is 0.0743 e. The van der Waals surface area contributed by atoms with Gasteiger partial charge in [0.15, 0.2) is 0 Å². The Morgan fingerprint density at radius 3 is 2.79 bits per heavy atom. The SMILES string of the molecule is CC(C)C(CCO)Nc1ccnc2cc(N)ccc12. The predicted molar refractivity (Wildman–Crippen MR) is 80.1 cm³/mol. The Hall–Kier alpha value is -1.81. The van der Waals surface area contributed by atoms with Crippen LogP contribution in [0.3, 0.4) is 0 Å². The van der Waals surface area contributed by atoms with Gasteiger partial charge in [0.1, 0.15) is 0 Å². The molecule has 1 atom stereocenters. The Bertz CT molecular complexity index is 554. The fraction of sp³-hybridized carbons (Fsp3) is 0.400. The number of hydrogen-bond acceptors (Lipinski definition) is 4. The molecule has 4 N–H and O–H groups in total. The first kappa shape index (κ1) is 13.6. The fourth-order valence-corrected chi connectivity index (χ4v) is 2.20. The van der Waals surface area contributed by atoms with Crippen molar-refractivity contribution in [1.82, 2.24) is 4.98 Å². The maximum absolute atomic E-state index is 9.14. The molecule has 2 rings (SSSR count). The van der Waals surface area contributed by atoms with E-state index in [1.54, 1.807) is 6.20 Å². The van der Waals surface area contributed by atoms with E-state index >= 15 is 0 Å². The van der Waals surface area contributed by atoms with Crippen LogP contribution in [0.5, 0.6) is 0 Å². The number of pyridine rings is 1. The minimum absolute atomic E-state index is 0.186. The van der Waals surface area contributed by atoms with E-state index in [4.69, 9.17) is 10.8 Å². The lowest BCUT2D eigenvalue weighted by atomic mass is 10.0. The third-order valence-corrected chi connectivity index (χ3v) is 3.35. The summed E-state index contributed by atoms with van der Waals surface area (Å²) >= 11 is 0. The first-order valence-corrected chi connectivity index (χ1v) is 6.63. The molecule has 0 aliphatic rings. The molecule has 4 nitrogen and oxygen atoms in total. The summed E-state index contributed by atoms with van der Waals surface area (Å²) in [6, 6.07) is 7.94. The molecule has 1 unspecified atom stereocenters. The van der Waals surface area contributed by atoms with Gasteiger partial charge in [0, 0.05) is 35.6 Å². The molecule has 0 radical (unpaired) electrons. The molecule has 1 heterocycles. The second kappa shape index (κ2) is 5.89. The monoisotopic (exact) mass is 259 g/mol. The van der Waals surface area contributed by atoms with E-state index in [9.17, 15) is 0 Å². The van der Waals surface area contributed by atoms with Gasteiger partial charge in [0.25, 0.3) is 0 Å². The van der Waals surface area contributed by atoms with Crippen LogP contribution in [0.25, 0.3) is 10.9 Å². The third kappa shape index (κ3) is 3.15. The highest BCUT2D eigenvalue weighted by Gasteiger charge is 2.13. The van der Waals surface area contributed by atoms with Gasteiger partial charge in [-0.25, -0.2) is 0 Å². The van der Waals surface area contributed by atoms with Crippen molar-refractivity contribution in [2.24, 2.45) is 5.92 Å². The van der Waals surface area contributed by atoms with Gasteiger partial charge in [-0.2, -0.15) is 0 Å². The van der Waals surface area contributed by atoms with Gasteiger partial charge in [-0.1, -0.05) is 13.8 Å². The Kier molecular flexibility index (Phi) is 4.22. The van der Waals surface area contributed by atoms with Crippen LogP contribution in [-0.4, -0.2) is 22.7 Å². The number of aromatic nitrogens is 1. The smallest absolute Gasteiger partial charge is 0.0743 e. The fourth-order valence-electron chi connectivity index (χ4n) is 2.20. The molecule has 0 bridgehead atoms. The third-order valence-electron chi connectivity index (χ3n) is 3.35. The zero-order valence-corrected chi connectivity index (χ0v) is 11.4. The zero-order valence-electron chi connectivity index (χ0n) is 11.4. The second-order valence-corrected chi connectivity index (χ2v) is 5.14. The van der Waals surface area contributed by atoms with Crippen LogP contribution in [0.4, 0.5) is 11.4 Å². The van der Waals surface area contributed by atoms with E-state index in [0.29, 0.717) is 11.6 Å². The van der Waals surface area contributed by atoms with Gasteiger partial charge >= 0.3 is 0 Å². The van der Waals surface area contributed by atoms with Crippen molar-refractivity contribution in [2.75, 3.05) is 17.7 Å². The predicted octanol–water partition coefficient (Wildman–Crippen LogP) is 2.64. The number of nitrogens with two attached hydrogens (primary N) is 1. The van der Waals surface area contributed by atoms with Crippen LogP contribution in [0.2, 0.25) is 0 Å². The van der Waals surface area contributed by atoms with E-state index < -0.39 is 0 Å². The van der Waals surface area contributed by atoms with Crippen molar-refractivity contribution >= 4 is 22.3 Å². The summed E-state index contributed by atoms with van der Waals surface area (Å²) < 4.78 is 0. The highest BCUT2D eigenvalue weighted by molar-refractivity contribution is 5.92. The number of aliphatic hydroxyl groups is 1. The van der Waals surface area contributed by atoms with Gasteiger partial charge in [0.2, 0.25) is 0 Å². The Morgan fingerprint density at radius 2 is 2.11 bits per heavy atom. The van der Waals surface area contributed by atoms with Gasteiger partial charge in [-0.05, 0) is 36.6 Å². The number of nitrogens with zero attached hydrogens (tertiary/aromatic N) is 1. The molecule has 0 saturated carbocycles. The summed E-state index contributed by atoms with van der Waals surface area (Å²) in [6.45, 7) is 4.48. The lowest BCUT2D eigenvalue weighted by Gasteiger charge is -2.23. The van der Waals surface area contributed by atoms with Crippen molar-refractivity contribution < 1.29 is 5.11 Å². The molecular formula is C15H21N3O. The number of nitrogen functional groups attached to an aromatic ring is 1. The van der Waals surface area contributed by atoms with E-state index in [1.165, 1.54) is 0 Å². The maximum atomic E-state index is 9.14. The number of benzene rings is 1. The molecule has 0 aliphatic heterocycles. The summed E-state index contributed by atoms with van der Waals surface area (Å²) in [6.07, 6.45) is 2.51. The molecule has 4 heteroatoms. The number of anilines is 2. The Labute approximate surface area is 113 Å². The average molecular weight is 259 g/mol. The van der Waals surface area contributed by atoms with Crippen LogP contribution in [0.15, 0.2) is 30.5 Å². The summed E-state index contributed by atoms with van der Waals surface area (Å²) in [5.74, 6) is 0.448. The van der Waals surface area contributed by atoms with Gasteiger partial charge in [-0.3, -0.25) is 4.98 Å². The quantitative estimate of drug-likeness (QED) is 0.722. The van der Waals surface area contributed by atoms with Crippen molar-refractivity contribution in [2.45, 2.75) is 26.3 Å². The molecule has 19 heavy (non-hydrogen) atoms. The standard InChI is InChI=1S/C15H21N3O/c1-10(2)13(6-8-19)18-14-5-7-17-15-9-11(16)3-4-12(14)15/h3-5,7,9-10,13,19H,6,8,16H2,1-2H3,(H,17,18). The van der Waals surface area contributed by atoms with Gasteiger partial charge in [-0.15, -0.1) is 0 Å². The van der Waals surface area contributed by atoms with Crippen molar-refractivity contribution in [3.63, 3.8) is 0 Å². The number of hydrogen-bond donors (Lipinski definition) is 3. The number of rotatable bonds is 5. The van der Waals surface area contributed by atoms with Crippen LogP contribution in [-0.2, 0) is 0 Å². The van der Waals surface area contributed by atoms with Crippen LogP contribution < -0.4 is 11.1 Å². The van der Waals surface area contributed by atoms with Gasteiger partial charge in [0.05, 0.1) is 5.52 Å². The number of aliphatic hydroxyl groups excluding tert-OH is 1. The molecule has 0 aliphatic carbocycles. The molecule has 102 valence electrons. The molecule has 0 spiro atoms. The van der Waals surface area contributed by atoms with E-state index in [2.05, 4.69) is 24.1 Å². The second-order valence-electron chi connectivity index (χ2n) is 5.14. The Balaban J connectivity index is 2.34. The molecule has 1 aromatic carbocycles. The van der Waals surface area contributed by atoms with Crippen LogP contribution >= 0.6 is 0 Å². The molecule has 0 fully saturated rings. The van der Waals surface area contributed by atoms with Crippen LogP contribution in [0, 0.1) is 5.92 Å². The first-order valence-electron chi connectivity index (χ1n) is 6.63. The summed E-state index contributed by atoms with van der Waals surface area (Å²) in [5, 5.41) is 13.7. The number of fused-ring (bicyclic) bond motifs is 1. The Morgan fingerprint density at radius 1 is 1.32 bits per heavy atom. The molecule has 1 aromatic heterocycles. The highest BCUT2D eigenvalue weighted by atomic mass is 16.3. The normalized spacial score (nSPS) is 12.8. The van der Waals surface area contributed by atoms with E-state index in [0.717, 1.165) is 23.0 Å². The largest absolute Gasteiger partial charge is 0.399 e. The minimum Gasteiger partial charge on any atom is -0.399 e. The van der Waals surface area contributed by atoms with Gasteiger partial charge < -0.3 is 16.2 Å². The summed E-state index contributed by atoms with van der Waals surface area (Å²) in [7, 11) is 0. The molecule has 0 amide bonds. The molecule has 2 aromatic rings. The van der Waals surface area contributed by atoms with E-state index in [-0.39, 0.29) is 12.6 Å². The summed E-state index contributed by atoms with van der Waals surface area (Å²) in [5.41, 5.74) is 8.42. The average Bonchev–Trinajstić information content (AvgIpc) is 2.37. The minimum atomic E-state index is 0.186. The van der Waals surface area contributed by atoms with Crippen molar-refractivity contribution in [3.8, 4) is 0 Å². The highest BCUT2D eigenvalue weighted by Crippen LogP contribution is 2.25. The molecular weight excluding hydrogens is 238 g/mol. The topological polar surface area (TPSA) is 71.2 Å². The lowest BCUT2D eigenvalue weighted by Crippen LogP contribution is -2.26. The zero-order chi connectivity index (χ0) is 13.8. The van der Waals surface area contributed by atoms with Crippen molar-refractivity contribution in [1.29, 1.82) is 0 Å². The van der Waals surface area contributed by atoms with E-state index in [1.807, 2.05) is 24.3 Å². The summed E-state index contributed by atoms with van der Waals surface area (Å²) in [4.78, 5) is 4.33. The first-order chi connectivity index (χ1) is 9.11. The van der Waals surface area contributed by atoms with Crippen molar-refractivity contribution in [3.05, 3.63) is 30.5 Å². The van der Waals surface area contributed by atoms with Crippen LogP contribution in [0.1, 0.15) is 20.3 Å². The molecule has 0 saturated heterocycles. The lowest BCUT2D eigenvalue weighted by molar-refractivity contribution is 0.267.